The minimum atomic E-state index is -0.411. The highest BCUT2D eigenvalue weighted by molar-refractivity contribution is 6.28. The van der Waals surface area contributed by atoms with Gasteiger partial charge in [0.2, 0.25) is 5.28 Å². The van der Waals surface area contributed by atoms with Crippen LogP contribution < -0.4 is 0 Å². The second-order valence-electron chi connectivity index (χ2n) is 3.02. The molecule has 0 aliphatic rings. The van der Waals surface area contributed by atoms with Crippen molar-refractivity contribution in [3.8, 4) is 0 Å². The van der Waals surface area contributed by atoms with Gasteiger partial charge in [0.15, 0.2) is 0 Å². The van der Waals surface area contributed by atoms with Crippen LogP contribution in [0.4, 0.5) is 0 Å². The molecule has 0 aliphatic heterocycles. The van der Waals surface area contributed by atoms with Gasteiger partial charge in [-0.15, -0.1) is 0 Å². The lowest BCUT2D eigenvalue weighted by Crippen LogP contribution is -1.99. The SMILES string of the molecule is COC(=O)c1cn(C)c2nc(Cl)ncc12. The normalized spacial score (nSPS) is 10.6. The Labute approximate surface area is 90.6 Å². The quantitative estimate of drug-likeness (QED) is 0.544. The van der Waals surface area contributed by atoms with Crippen LogP contribution in [0, 0.1) is 0 Å². The number of aryl methyl sites for hydroxylation is 1. The summed E-state index contributed by atoms with van der Waals surface area (Å²) in [7, 11) is 3.11. The highest BCUT2D eigenvalue weighted by Gasteiger charge is 2.15. The second kappa shape index (κ2) is 3.51. The van der Waals surface area contributed by atoms with Crippen molar-refractivity contribution in [3.63, 3.8) is 0 Å². The molecule has 15 heavy (non-hydrogen) atoms. The van der Waals surface area contributed by atoms with Crippen LogP contribution in [-0.4, -0.2) is 27.6 Å². The molecule has 0 N–H and O–H groups in total. The van der Waals surface area contributed by atoms with Gasteiger partial charge in [-0.2, -0.15) is 4.98 Å². The standard InChI is InChI=1S/C9H8ClN3O2/c1-13-4-6(8(14)15-2)5-3-11-9(10)12-7(5)13/h3-4H,1-2H3. The van der Waals surface area contributed by atoms with Crippen molar-refractivity contribution < 1.29 is 9.53 Å². The van der Waals surface area contributed by atoms with E-state index in [0.717, 1.165) is 0 Å². The molecule has 0 aliphatic carbocycles. The predicted octanol–water partition coefficient (Wildman–Crippen LogP) is 1.41. The van der Waals surface area contributed by atoms with Gasteiger partial charge in [-0.3, -0.25) is 0 Å². The van der Waals surface area contributed by atoms with Crippen molar-refractivity contribution in [1.82, 2.24) is 14.5 Å². The van der Waals surface area contributed by atoms with Gasteiger partial charge < -0.3 is 9.30 Å². The first-order chi connectivity index (χ1) is 7.13. The topological polar surface area (TPSA) is 57.0 Å². The summed E-state index contributed by atoms with van der Waals surface area (Å²) in [6.07, 6.45) is 3.15. The summed E-state index contributed by atoms with van der Waals surface area (Å²) in [6.45, 7) is 0. The van der Waals surface area contributed by atoms with Crippen LogP contribution in [0.3, 0.4) is 0 Å². The summed E-state index contributed by atoms with van der Waals surface area (Å²) in [5.41, 5.74) is 1.04. The van der Waals surface area contributed by atoms with Gasteiger partial charge in [-0.25, -0.2) is 9.78 Å². The predicted molar refractivity (Wildman–Crippen MR) is 54.9 cm³/mol. The molecule has 0 amide bonds. The van der Waals surface area contributed by atoms with E-state index < -0.39 is 5.97 Å². The van der Waals surface area contributed by atoms with Crippen LogP contribution in [0.25, 0.3) is 11.0 Å². The van der Waals surface area contributed by atoms with Crippen molar-refractivity contribution >= 4 is 28.6 Å². The lowest BCUT2D eigenvalue weighted by atomic mass is 10.2. The number of esters is 1. The number of carbonyl (C=O) groups excluding carboxylic acids is 1. The van der Waals surface area contributed by atoms with E-state index in [0.29, 0.717) is 16.6 Å². The molecule has 0 spiro atoms. The Kier molecular flexibility index (Phi) is 2.32. The van der Waals surface area contributed by atoms with Gasteiger partial charge in [-0.05, 0) is 11.6 Å². The third-order valence-corrected chi connectivity index (χ3v) is 2.27. The summed E-state index contributed by atoms with van der Waals surface area (Å²) in [5, 5.41) is 0.786. The molecule has 2 heterocycles. The van der Waals surface area contributed by atoms with Gasteiger partial charge in [0.25, 0.3) is 0 Å². The lowest BCUT2D eigenvalue weighted by Gasteiger charge is -1.95. The second-order valence-corrected chi connectivity index (χ2v) is 3.36. The molecule has 5 nitrogen and oxygen atoms in total. The average Bonchev–Trinajstić information content (AvgIpc) is 2.55. The maximum atomic E-state index is 11.4. The van der Waals surface area contributed by atoms with E-state index in [1.165, 1.54) is 13.3 Å². The number of aromatic nitrogens is 3. The molecule has 0 unspecified atom stereocenters. The number of hydrogen-bond acceptors (Lipinski definition) is 4. The lowest BCUT2D eigenvalue weighted by molar-refractivity contribution is 0.0603. The molecule has 2 aromatic rings. The van der Waals surface area contributed by atoms with Gasteiger partial charge in [0.1, 0.15) is 5.65 Å². The summed E-state index contributed by atoms with van der Waals surface area (Å²) in [5.74, 6) is -0.411. The fourth-order valence-corrected chi connectivity index (χ4v) is 1.54. The van der Waals surface area contributed by atoms with E-state index in [1.807, 2.05) is 0 Å². The van der Waals surface area contributed by atoms with E-state index in [4.69, 9.17) is 11.6 Å². The molecule has 0 fully saturated rings. The van der Waals surface area contributed by atoms with Gasteiger partial charge in [-0.1, -0.05) is 0 Å². The molecule has 0 aromatic carbocycles. The van der Waals surface area contributed by atoms with Crippen LogP contribution in [-0.2, 0) is 11.8 Å². The van der Waals surface area contributed by atoms with E-state index in [-0.39, 0.29) is 5.28 Å². The number of ether oxygens (including phenoxy) is 1. The summed E-state index contributed by atoms with van der Waals surface area (Å²) in [4.78, 5) is 19.3. The van der Waals surface area contributed by atoms with E-state index in [9.17, 15) is 4.79 Å². The Bertz CT molecular complexity index is 535. The van der Waals surface area contributed by atoms with Crippen molar-refractivity contribution in [1.29, 1.82) is 0 Å². The summed E-state index contributed by atoms with van der Waals surface area (Å²) in [6, 6.07) is 0. The molecule has 2 aromatic heterocycles. The number of methoxy groups -OCH3 is 1. The molecule has 2 rings (SSSR count). The zero-order valence-corrected chi connectivity index (χ0v) is 8.95. The van der Waals surface area contributed by atoms with E-state index >= 15 is 0 Å². The molecule has 0 atom stereocenters. The molecule has 78 valence electrons. The number of fused-ring (bicyclic) bond motifs is 1. The minimum absolute atomic E-state index is 0.153. The van der Waals surface area contributed by atoms with E-state index in [1.54, 1.807) is 17.8 Å². The Morgan fingerprint density at radius 1 is 1.60 bits per heavy atom. The molecular weight excluding hydrogens is 218 g/mol. The Hall–Kier alpha value is -1.62. The zero-order valence-electron chi connectivity index (χ0n) is 8.19. The number of halogens is 1. The Morgan fingerprint density at radius 3 is 3.00 bits per heavy atom. The third kappa shape index (κ3) is 1.55. The molecule has 0 radical (unpaired) electrons. The number of nitrogens with zero attached hydrogens (tertiary/aromatic N) is 3. The molecule has 0 saturated heterocycles. The summed E-state index contributed by atoms with van der Waals surface area (Å²) >= 11 is 5.66. The van der Waals surface area contributed by atoms with Crippen molar-refractivity contribution in [2.24, 2.45) is 7.05 Å². The first-order valence-corrected chi connectivity index (χ1v) is 4.57. The molecule has 0 bridgehead atoms. The number of rotatable bonds is 1. The van der Waals surface area contributed by atoms with Crippen molar-refractivity contribution in [2.75, 3.05) is 7.11 Å². The van der Waals surface area contributed by atoms with Crippen LogP contribution in [0.1, 0.15) is 10.4 Å². The van der Waals surface area contributed by atoms with Gasteiger partial charge >= 0.3 is 5.97 Å². The first kappa shape index (κ1) is 9.92. The van der Waals surface area contributed by atoms with Crippen molar-refractivity contribution in [3.05, 3.63) is 23.2 Å². The Balaban J connectivity index is 2.73. The van der Waals surface area contributed by atoms with Crippen molar-refractivity contribution in [2.45, 2.75) is 0 Å². The fourth-order valence-electron chi connectivity index (χ4n) is 1.41. The molecule has 0 saturated carbocycles. The Morgan fingerprint density at radius 2 is 2.33 bits per heavy atom. The third-order valence-electron chi connectivity index (χ3n) is 2.09. The maximum Gasteiger partial charge on any atom is 0.340 e. The average molecular weight is 226 g/mol. The van der Waals surface area contributed by atoms with Crippen LogP contribution >= 0.6 is 11.6 Å². The monoisotopic (exact) mass is 225 g/mol. The van der Waals surface area contributed by atoms with Gasteiger partial charge in [0, 0.05) is 19.4 Å². The highest BCUT2D eigenvalue weighted by Crippen LogP contribution is 2.19. The van der Waals surface area contributed by atoms with E-state index in [2.05, 4.69) is 14.7 Å². The minimum Gasteiger partial charge on any atom is -0.465 e. The molecular formula is C9H8ClN3O2. The van der Waals surface area contributed by atoms with Crippen LogP contribution in [0.15, 0.2) is 12.4 Å². The zero-order chi connectivity index (χ0) is 11.0. The highest BCUT2D eigenvalue weighted by atomic mass is 35.5. The number of carbonyl (C=O) groups is 1. The summed E-state index contributed by atoms with van der Waals surface area (Å²) < 4.78 is 6.35. The first-order valence-electron chi connectivity index (χ1n) is 4.19. The van der Waals surface area contributed by atoms with Crippen LogP contribution in [0.5, 0.6) is 0 Å². The number of hydrogen-bond donors (Lipinski definition) is 0. The van der Waals surface area contributed by atoms with Crippen LogP contribution in [0.2, 0.25) is 5.28 Å². The smallest absolute Gasteiger partial charge is 0.340 e. The fraction of sp³-hybridized carbons (Fsp3) is 0.222. The van der Waals surface area contributed by atoms with Gasteiger partial charge in [0.05, 0.1) is 18.1 Å². The maximum absolute atomic E-state index is 11.4. The molecule has 6 heteroatoms. The largest absolute Gasteiger partial charge is 0.465 e.